The van der Waals surface area contributed by atoms with Crippen molar-refractivity contribution in [2.75, 3.05) is 17.9 Å². The summed E-state index contributed by atoms with van der Waals surface area (Å²) >= 11 is 0. The molecule has 0 radical (unpaired) electrons. The standard InChI is InChI=1S/C27H31N3O3.C2H6/c1-33-27(32)15-9-8-14-26(31)28-23-16-18-24(19-17-23)29-30-25(22-12-6-3-7-13-22)20-21-10-4-2-5-11-21;1-2/h2-7,10-13,16-19,25,29-30H,8-9,14-15,20H2,1H3,(H,28,31);1-2H3. The molecule has 0 aliphatic rings. The predicted molar refractivity (Wildman–Crippen MR) is 143 cm³/mol. The van der Waals surface area contributed by atoms with Crippen LogP contribution in [0.15, 0.2) is 84.9 Å². The lowest BCUT2D eigenvalue weighted by molar-refractivity contribution is -0.140. The lowest BCUT2D eigenvalue weighted by atomic mass is 9.99. The van der Waals surface area contributed by atoms with Crippen molar-refractivity contribution < 1.29 is 14.3 Å². The molecule has 0 aliphatic heterocycles. The summed E-state index contributed by atoms with van der Waals surface area (Å²) in [5.41, 5.74) is 10.8. The van der Waals surface area contributed by atoms with Gasteiger partial charge in [0.2, 0.25) is 5.91 Å². The first-order valence-electron chi connectivity index (χ1n) is 12.2. The molecule has 1 unspecified atom stereocenters. The van der Waals surface area contributed by atoms with Gasteiger partial charge in [-0.25, -0.2) is 5.43 Å². The maximum absolute atomic E-state index is 12.1. The second-order valence-corrected chi connectivity index (χ2v) is 7.83. The fourth-order valence-corrected chi connectivity index (χ4v) is 3.48. The van der Waals surface area contributed by atoms with Gasteiger partial charge in [-0.3, -0.25) is 9.59 Å². The summed E-state index contributed by atoms with van der Waals surface area (Å²) in [6.45, 7) is 4.00. The molecule has 3 aromatic rings. The highest BCUT2D eigenvalue weighted by Crippen LogP contribution is 2.20. The van der Waals surface area contributed by atoms with E-state index in [4.69, 9.17) is 0 Å². The molecule has 0 spiro atoms. The van der Waals surface area contributed by atoms with Gasteiger partial charge in [-0.15, -0.1) is 0 Å². The monoisotopic (exact) mass is 475 g/mol. The first kappa shape index (κ1) is 27.6. The van der Waals surface area contributed by atoms with Crippen LogP contribution in [-0.2, 0) is 20.7 Å². The molecule has 6 heteroatoms. The Morgan fingerprint density at radius 2 is 1.34 bits per heavy atom. The molecule has 3 aromatic carbocycles. The lowest BCUT2D eigenvalue weighted by Crippen LogP contribution is -2.29. The summed E-state index contributed by atoms with van der Waals surface area (Å²) < 4.78 is 4.60. The largest absolute Gasteiger partial charge is 0.469 e. The Morgan fingerprint density at radius 1 is 0.771 bits per heavy atom. The maximum atomic E-state index is 12.1. The fraction of sp³-hybridized carbons (Fsp3) is 0.310. The van der Waals surface area contributed by atoms with Crippen molar-refractivity contribution in [3.63, 3.8) is 0 Å². The molecule has 0 heterocycles. The number of anilines is 2. The summed E-state index contributed by atoms with van der Waals surface area (Å²) in [5.74, 6) is -0.309. The summed E-state index contributed by atoms with van der Waals surface area (Å²) in [4.78, 5) is 23.2. The molecule has 1 amide bonds. The van der Waals surface area contributed by atoms with E-state index < -0.39 is 0 Å². The molecule has 0 aromatic heterocycles. The average Bonchev–Trinajstić information content (AvgIpc) is 2.92. The second kappa shape index (κ2) is 16.1. The normalized spacial score (nSPS) is 10.9. The van der Waals surface area contributed by atoms with Crippen LogP contribution in [0.2, 0.25) is 0 Å². The molecule has 6 nitrogen and oxygen atoms in total. The van der Waals surface area contributed by atoms with Crippen molar-refractivity contribution in [2.24, 2.45) is 0 Å². The number of hydrogen-bond donors (Lipinski definition) is 3. The summed E-state index contributed by atoms with van der Waals surface area (Å²) in [5, 5.41) is 2.89. The number of unbranched alkanes of at least 4 members (excludes halogenated alkanes) is 1. The van der Waals surface area contributed by atoms with Gasteiger partial charge in [0.05, 0.1) is 13.2 Å². The molecule has 3 N–H and O–H groups in total. The van der Waals surface area contributed by atoms with Crippen LogP contribution >= 0.6 is 0 Å². The van der Waals surface area contributed by atoms with Crippen molar-refractivity contribution in [1.82, 2.24) is 5.43 Å². The third-order valence-electron chi connectivity index (χ3n) is 5.31. The van der Waals surface area contributed by atoms with Gasteiger partial charge in [0.15, 0.2) is 0 Å². The quantitative estimate of drug-likeness (QED) is 0.163. The molecule has 0 bridgehead atoms. The van der Waals surface area contributed by atoms with Crippen molar-refractivity contribution >= 4 is 23.3 Å². The smallest absolute Gasteiger partial charge is 0.305 e. The number of methoxy groups -OCH3 is 1. The van der Waals surface area contributed by atoms with E-state index in [9.17, 15) is 9.59 Å². The van der Waals surface area contributed by atoms with Crippen LogP contribution < -0.4 is 16.2 Å². The van der Waals surface area contributed by atoms with Crippen LogP contribution in [0.1, 0.15) is 56.7 Å². The number of rotatable bonds is 12. The zero-order valence-corrected chi connectivity index (χ0v) is 20.9. The van der Waals surface area contributed by atoms with Crippen molar-refractivity contribution in [1.29, 1.82) is 0 Å². The lowest BCUT2D eigenvalue weighted by Gasteiger charge is -2.21. The van der Waals surface area contributed by atoms with Crippen molar-refractivity contribution in [3.05, 3.63) is 96.1 Å². The van der Waals surface area contributed by atoms with Gasteiger partial charge < -0.3 is 15.5 Å². The summed E-state index contributed by atoms with van der Waals surface area (Å²) in [7, 11) is 1.37. The van der Waals surface area contributed by atoms with E-state index in [0.29, 0.717) is 25.7 Å². The Labute approximate surface area is 209 Å². The molecule has 186 valence electrons. The van der Waals surface area contributed by atoms with Crippen LogP contribution in [0.5, 0.6) is 0 Å². The van der Waals surface area contributed by atoms with Crippen LogP contribution in [0.4, 0.5) is 11.4 Å². The topological polar surface area (TPSA) is 79.5 Å². The zero-order valence-electron chi connectivity index (χ0n) is 20.9. The minimum absolute atomic E-state index is 0.0642. The minimum Gasteiger partial charge on any atom is -0.469 e. The highest BCUT2D eigenvalue weighted by atomic mass is 16.5. The van der Waals surface area contributed by atoms with Crippen molar-refractivity contribution in [3.8, 4) is 0 Å². The van der Waals surface area contributed by atoms with Gasteiger partial charge in [0.25, 0.3) is 0 Å². The third-order valence-corrected chi connectivity index (χ3v) is 5.31. The fourth-order valence-electron chi connectivity index (χ4n) is 3.48. The van der Waals surface area contributed by atoms with Gasteiger partial charge in [0, 0.05) is 24.2 Å². The molecule has 3 rings (SSSR count). The van der Waals surface area contributed by atoms with Crippen molar-refractivity contribution in [2.45, 2.75) is 52.0 Å². The van der Waals surface area contributed by atoms with Gasteiger partial charge in [0.1, 0.15) is 0 Å². The van der Waals surface area contributed by atoms with Gasteiger partial charge in [-0.1, -0.05) is 74.5 Å². The van der Waals surface area contributed by atoms with E-state index in [2.05, 4.69) is 57.3 Å². The number of hydrazine groups is 1. The zero-order chi connectivity index (χ0) is 25.3. The first-order chi connectivity index (χ1) is 17.1. The van der Waals surface area contributed by atoms with Crippen LogP contribution in [-0.4, -0.2) is 19.0 Å². The van der Waals surface area contributed by atoms with E-state index in [1.165, 1.54) is 18.2 Å². The number of carbonyl (C=O) groups is 2. The number of nitrogens with one attached hydrogen (secondary N) is 3. The third kappa shape index (κ3) is 10.4. The Balaban J connectivity index is 0.00000210. The number of esters is 1. The highest BCUT2D eigenvalue weighted by Gasteiger charge is 2.12. The van der Waals surface area contributed by atoms with Gasteiger partial charge >= 0.3 is 5.97 Å². The van der Waals surface area contributed by atoms with E-state index in [1.54, 1.807) is 0 Å². The molecule has 35 heavy (non-hydrogen) atoms. The number of hydrogen-bond acceptors (Lipinski definition) is 5. The van der Waals surface area contributed by atoms with Gasteiger partial charge in [-0.2, -0.15) is 0 Å². The van der Waals surface area contributed by atoms with E-state index in [1.807, 2.05) is 62.4 Å². The minimum atomic E-state index is -0.245. The van der Waals surface area contributed by atoms with Gasteiger partial charge in [-0.05, 0) is 54.7 Å². The number of ether oxygens (including phenoxy) is 1. The Morgan fingerprint density at radius 3 is 1.97 bits per heavy atom. The SMILES string of the molecule is CC.COC(=O)CCCCC(=O)Nc1ccc(NNC(Cc2ccccc2)c2ccccc2)cc1. The Bertz CT molecular complexity index is 993. The molecule has 0 aliphatic carbocycles. The number of benzene rings is 3. The van der Waals surface area contributed by atoms with Crippen LogP contribution in [0, 0.1) is 0 Å². The Hall–Kier alpha value is -3.64. The molecule has 0 fully saturated rings. The first-order valence-corrected chi connectivity index (χ1v) is 12.2. The highest BCUT2D eigenvalue weighted by molar-refractivity contribution is 5.90. The average molecular weight is 476 g/mol. The van der Waals surface area contributed by atoms with Crippen LogP contribution in [0.3, 0.4) is 0 Å². The van der Waals surface area contributed by atoms with E-state index in [0.717, 1.165) is 17.8 Å². The molecular formula is C29H37N3O3. The second-order valence-electron chi connectivity index (χ2n) is 7.83. The number of amides is 1. The number of carbonyl (C=O) groups excluding carboxylic acids is 2. The summed E-state index contributed by atoms with van der Waals surface area (Å²) in [6, 6.07) is 28.4. The van der Waals surface area contributed by atoms with E-state index in [-0.39, 0.29) is 17.9 Å². The van der Waals surface area contributed by atoms with E-state index >= 15 is 0 Å². The summed E-state index contributed by atoms with van der Waals surface area (Å²) in [6.07, 6.45) is 2.84. The Kier molecular flexibility index (Phi) is 12.7. The molecule has 0 saturated heterocycles. The van der Waals surface area contributed by atoms with Crippen LogP contribution in [0.25, 0.3) is 0 Å². The maximum Gasteiger partial charge on any atom is 0.305 e. The molecule has 0 saturated carbocycles. The molecule has 1 atom stereocenters. The predicted octanol–water partition coefficient (Wildman–Crippen LogP) is 6.29. The molecular weight excluding hydrogens is 438 g/mol.